The highest BCUT2D eigenvalue weighted by Gasteiger charge is 2.08. The average molecular weight is 249 g/mol. The molecule has 0 aliphatic carbocycles. The lowest BCUT2D eigenvalue weighted by atomic mass is 9.98. The summed E-state index contributed by atoms with van der Waals surface area (Å²) in [6.07, 6.45) is 0.191. The quantitative estimate of drug-likeness (QED) is 0.826. The Morgan fingerprint density at radius 3 is 2.28 bits per heavy atom. The van der Waals surface area contributed by atoms with Crippen molar-refractivity contribution in [3.05, 3.63) is 29.3 Å². The van der Waals surface area contributed by atoms with Crippen LogP contribution >= 0.6 is 0 Å². The number of hydrogen-bond donors (Lipinski definition) is 1. The first kappa shape index (κ1) is 15.0. The van der Waals surface area contributed by atoms with Gasteiger partial charge in [0.25, 0.3) is 0 Å². The van der Waals surface area contributed by atoms with E-state index in [2.05, 4.69) is 65.1 Å². The Morgan fingerprint density at radius 1 is 1.11 bits per heavy atom. The predicted molar refractivity (Wildman–Crippen MR) is 78.5 cm³/mol. The molecule has 1 aromatic rings. The molecule has 1 atom stereocenters. The summed E-state index contributed by atoms with van der Waals surface area (Å²) in [5, 5.41) is 3.38. The molecule has 0 aliphatic heterocycles. The maximum absolute atomic E-state index is 5.92. The maximum Gasteiger partial charge on any atom is 0.120 e. The van der Waals surface area contributed by atoms with Gasteiger partial charge in [-0.3, -0.25) is 0 Å². The molecule has 2 nitrogen and oxygen atoms in total. The van der Waals surface area contributed by atoms with Crippen molar-refractivity contribution in [3.63, 3.8) is 0 Å². The van der Waals surface area contributed by atoms with Crippen molar-refractivity contribution in [3.8, 4) is 5.75 Å². The predicted octanol–water partition coefficient (Wildman–Crippen LogP) is 3.88. The molecule has 0 spiro atoms. The van der Waals surface area contributed by atoms with Gasteiger partial charge in [0.15, 0.2) is 0 Å². The van der Waals surface area contributed by atoms with Crippen molar-refractivity contribution >= 4 is 0 Å². The molecule has 0 aromatic heterocycles. The molecule has 1 N–H and O–H groups in total. The molecule has 0 saturated carbocycles. The van der Waals surface area contributed by atoms with Gasteiger partial charge in [-0.05, 0) is 43.0 Å². The second kappa shape index (κ2) is 6.79. The molecule has 1 aromatic carbocycles. The third-order valence-corrected chi connectivity index (χ3v) is 3.01. The molecule has 0 fully saturated rings. The van der Waals surface area contributed by atoms with Crippen molar-refractivity contribution in [2.24, 2.45) is 0 Å². The number of rotatable bonds is 6. The van der Waals surface area contributed by atoms with Crippen LogP contribution in [0.1, 0.15) is 51.7 Å². The van der Waals surface area contributed by atoms with Gasteiger partial charge in [0, 0.05) is 12.6 Å². The highest BCUT2D eigenvalue weighted by Crippen LogP contribution is 2.23. The minimum absolute atomic E-state index is 0.191. The summed E-state index contributed by atoms with van der Waals surface area (Å²) in [6, 6.07) is 6.90. The molecule has 0 saturated heterocycles. The summed E-state index contributed by atoms with van der Waals surface area (Å²) >= 11 is 0. The Kier molecular flexibility index (Phi) is 5.67. The van der Waals surface area contributed by atoms with Crippen molar-refractivity contribution < 1.29 is 4.74 Å². The lowest BCUT2D eigenvalue weighted by Crippen LogP contribution is -2.33. The van der Waals surface area contributed by atoms with Gasteiger partial charge in [0.2, 0.25) is 0 Å². The zero-order valence-electron chi connectivity index (χ0n) is 12.6. The molecule has 0 radical (unpaired) electrons. The van der Waals surface area contributed by atoms with Gasteiger partial charge in [-0.1, -0.05) is 33.8 Å². The monoisotopic (exact) mass is 249 g/mol. The molecule has 0 aliphatic rings. The zero-order chi connectivity index (χ0) is 13.7. The van der Waals surface area contributed by atoms with Crippen molar-refractivity contribution in [1.29, 1.82) is 0 Å². The van der Waals surface area contributed by atoms with Crippen LogP contribution in [0, 0.1) is 6.92 Å². The van der Waals surface area contributed by atoms with Crippen LogP contribution in [0.25, 0.3) is 0 Å². The summed E-state index contributed by atoms with van der Waals surface area (Å²) in [5.41, 5.74) is 2.71. The lowest BCUT2D eigenvalue weighted by molar-refractivity contribution is 0.213. The summed E-state index contributed by atoms with van der Waals surface area (Å²) < 4.78 is 5.92. The molecule has 18 heavy (non-hydrogen) atoms. The fourth-order valence-electron chi connectivity index (χ4n) is 2.04. The molecule has 0 bridgehead atoms. The first-order valence-corrected chi connectivity index (χ1v) is 6.90. The Hall–Kier alpha value is -1.02. The maximum atomic E-state index is 5.92. The van der Waals surface area contributed by atoms with Gasteiger partial charge in [0.1, 0.15) is 11.9 Å². The smallest absolute Gasteiger partial charge is 0.120 e. The summed E-state index contributed by atoms with van der Waals surface area (Å²) in [7, 11) is 0. The molecule has 0 amide bonds. The van der Waals surface area contributed by atoms with Crippen LogP contribution in [0.5, 0.6) is 5.75 Å². The fourth-order valence-corrected chi connectivity index (χ4v) is 2.04. The molecule has 2 heteroatoms. The number of aryl methyl sites for hydroxylation is 1. The van der Waals surface area contributed by atoms with Crippen LogP contribution in [-0.2, 0) is 0 Å². The van der Waals surface area contributed by atoms with E-state index in [1.165, 1.54) is 11.1 Å². The van der Waals surface area contributed by atoms with Crippen molar-refractivity contribution in [2.45, 2.75) is 59.6 Å². The highest BCUT2D eigenvalue weighted by molar-refractivity contribution is 5.36. The Morgan fingerprint density at radius 2 is 1.78 bits per heavy atom. The molecular formula is C16H27NO. The fraction of sp³-hybridized carbons (Fsp3) is 0.625. The van der Waals surface area contributed by atoms with Gasteiger partial charge in [-0.2, -0.15) is 0 Å². The Balaban J connectivity index is 2.60. The lowest BCUT2D eigenvalue weighted by Gasteiger charge is -2.18. The summed E-state index contributed by atoms with van der Waals surface area (Å²) in [6.45, 7) is 13.9. The average Bonchev–Trinajstić information content (AvgIpc) is 2.26. The van der Waals surface area contributed by atoms with Gasteiger partial charge in [-0.25, -0.2) is 0 Å². The topological polar surface area (TPSA) is 21.3 Å². The van der Waals surface area contributed by atoms with Gasteiger partial charge >= 0.3 is 0 Å². The number of hydrogen-bond acceptors (Lipinski definition) is 2. The minimum Gasteiger partial charge on any atom is -0.489 e. The van der Waals surface area contributed by atoms with Crippen LogP contribution < -0.4 is 10.1 Å². The Labute approximate surface area is 112 Å². The van der Waals surface area contributed by atoms with Crippen molar-refractivity contribution in [1.82, 2.24) is 5.32 Å². The van der Waals surface area contributed by atoms with Gasteiger partial charge < -0.3 is 10.1 Å². The van der Waals surface area contributed by atoms with Gasteiger partial charge in [0.05, 0.1) is 0 Å². The largest absolute Gasteiger partial charge is 0.489 e. The molecule has 1 unspecified atom stereocenters. The van der Waals surface area contributed by atoms with Crippen LogP contribution in [0.15, 0.2) is 18.2 Å². The standard InChI is InChI=1S/C16H27NO/c1-11(2)16-8-7-15(9-13(16)5)18-14(6)10-17-12(3)4/h7-9,11-12,14,17H,10H2,1-6H3. The minimum atomic E-state index is 0.191. The van der Waals surface area contributed by atoms with E-state index in [-0.39, 0.29) is 6.10 Å². The SMILES string of the molecule is Cc1cc(OC(C)CNC(C)C)ccc1C(C)C. The van der Waals surface area contributed by atoms with Crippen LogP contribution in [0.3, 0.4) is 0 Å². The van der Waals surface area contributed by atoms with Crippen LogP contribution in [0.2, 0.25) is 0 Å². The summed E-state index contributed by atoms with van der Waals surface area (Å²) in [4.78, 5) is 0. The van der Waals surface area contributed by atoms with Crippen molar-refractivity contribution in [2.75, 3.05) is 6.54 Å². The second-order valence-electron chi connectivity index (χ2n) is 5.66. The van der Waals surface area contributed by atoms with E-state index in [1.54, 1.807) is 0 Å². The highest BCUT2D eigenvalue weighted by atomic mass is 16.5. The van der Waals surface area contributed by atoms with Gasteiger partial charge in [-0.15, -0.1) is 0 Å². The molecular weight excluding hydrogens is 222 g/mol. The zero-order valence-corrected chi connectivity index (χ0v) is 12.6. The normalized spacial score (nSPS) is 13.1. The van der Waals surface area contributed by atoms with E-state index in [1.807, 2.05) is 0 Å². The number of ether oxygens (including phenoxy) is 1. The molecule has 1 rings (SSSR count). The first-order valence-electron chi connectivity index (χ1n) is 6.90. The van der Waals surface area contributed by atoms with E-state index < -0.39 is 0 Å². The number of nitrogens with one attached hydrogen (secondary N) is 1. The second-order valence-corrected chi connectivity index (χ2v) is 5.66. The third kappa shape index (κ3) is 4.69. The third-order valence-electron chi connectivity index (χ3n) is 3.01. The Bertz CT molecular complexity index is 371. The first-order chi connectivity index (χ1) is 8.40. The van der Waals surface area contributed by atoms with Crippen LogP contribution in [0.4, 0.5) is 0 Å². The van der Waals surface area contributed by atoms with E-state index in [0.29, 0.717) is 12.0 Å². The van der Waals surface area contributed by atoms with E-state index >= 15 is 0 Å². The molecule has 102 valence electrons. The van der Waals surface area contributed by atoms with E-state index in [9.17, 15) is 0 Å². The number of benzene rings is 1. The van der Waals surface area contributed by atoms with Crippen LogP contribution in [-0.4, -0.2) is 18.7 Å². The van der Waals surface area contributed by atoms with E-state index in [4.69, 9.17) is 4.74 Å². The summed E-state index contributed by atoms with van der Waals surface area (Å²) in [5.74, 6) is 1.54. The van der Waals surface area contributed by atoms with E-state index in [0.717, 1.165) is 12.3 Å². The molecule has 0 heterocycles.